The van der Waals surface area contributed by atoms with Gasteiger partial charge in [-0.05, 0) is 20.9 Å². The highest BCUT2D eigenvalue weighted by Gasteiger charge is 2.29. The SMILES string of the molecule is CCOC(=O)C1=C(CN(C)CC#N)NC(=O)NC1C. The summed E-state index contributed by atoms with van der Waals surface area (Å²) >= 11 is 0. The molecule has 1 rings (SSSR count). The minimum absolute atomic E-state index is 0.206. The monoisotopic (exact) mass is 266 g/mol. The summed E-state index contributed by atoms with van der Waals surface area (Å²) in [6, 6.07) is 1.23. The number of carbonyl (C=O) groups excluding carboxylic acids is 2. The molecule has 1 aliphatic rings. The molecule has 104 valence electrons. The van der Waals surface area contributed by atoms with Crippen molar-refractivity contribution in [3.63, 3.8) is 0 Å². The van der Waals surface area contributed by atoms with Crippen LogP contribution >= 0.6 is 0 Å². The molecule has 0 bridgehead atoms. The maximum Gasteiger partial charge on any atom is 0.337 e. The lowest BCUT2D eigenvalue weighted by Gasteiger charge is -2.28. The average molecular weight is 266 g/mol. The standard InChI is InChI=1S/C12H18N4O3/c1-4-19-11(17)10-8(2)14-12(18)15-9(10)7-16(3)6-5-13/h8H,4,6-7H2,1-3H3,(H2,14,15,18). The van der Waals surface area contributed by atoms with Crippen LogP contribution in [0.3, 0.4) is 0 Å². The molecule has 1 aliphatic heterocycles. The van der Waals surface area contributed by atoms with E-state index in [1.54, 1.807) is 25.8 Å². The van der Waals surface area contributed by atoms with Crippen molar-refractivity contribution in [3.05, 3.63) is 11.3 Å². The number of nitrogens with one attached hydrogen (secondary N) is 2. The van der Waals surface area contributed by atoms with Gasteiger partial charge in [-0.2, -0.15) is 5.26 Å². The van der Waals surface area contributed by atoms with E-state index in [1.807, 2.05) is 6.07 Å². The fourth-order valence-electron chi connectivity index (χ4n) is 1.85. The molecule has 0 aromatic carbocycles. The quantitative estimate of drug-likeness (QED) is 0.538. The second kappa shape index (κ2) is 6.75. The third-order valence-electron chi connectivity index (χ3n) is 2.63. The van der Waals surface area contributed by atoms with Gasteiger partial charge in [0, 0.05) is 12.2 Å². The van der Waals surface area contributed by atoms with Gasteiger partial charge >= 0.3 is 12.0 Å². The first-order chi connectivity index (χ1) is 8.99. The van der Waals surface area contributed by atoms with E-state index in [1.165, 1.54) is 0 Å². The van der Waals surface area contributed by atoms with E-state index >= 15 is 0 Å². The molecule has 2 N–H and O–H groups in total. The van der Waals surface area contributed by atoms with E-state index in [0.717, 1.165) is 0 Å². The van der Waals surface area contributed by atoms with Gasteiger partial charge in [-0.15, -0.1) is 0 Å². The van der Waals surface area contributed by atoms with Crippen molar-refractivity contribution in [3.8, 4) is 6.07 Å². The summed E-state index contributed by atoms with van der Waals surface area (Å²) in [7, 11) is 1.73. The Labute approximate surface area is 112 Å². The molecule has 1 heterocycles. The molecule has 2 amide bonds. The second-order valence-corrected chi connectivity index (χ2v) is 4.26. The van der Waals surface area contributed by atoms with Crippen molar-refractivity contribution in [2.45, 2.75) is 19.9 Å². The van der Waals surface area contributed by atoms with Crippen LogP contribution in [0.1, 0.15) is 13.8 Å². The van der Waals surface area contributed by atoms with Crippen LogP contribution in [-0.4, -0.2) is 49.7 Å². The molecule has 0 radical (unpaired) electrons. The molecule has 0 saturated heterocycles. The highest BCUT2D eigenvalue weighted by molar-refractivity contribution is 5.94. The molecular weight excluding hydrogens is 248 g/mol. The van der Waals surface area contributed by atoms with Gasteiger partial charge < -0.3 is 15.4 Å². The van der Waals surface area contributed by atoms with Gasteiger partial charge in [0.15, 0.2) is 0 Å². The fraction of sp³-hybridized carbons (Fsp3) is 0.583. The van der Waals surface area contributed by atoms with Gasteiger partial charge in [0.1, 0.15) is 0 Å². The van der Waals surface area contributed by atoms with Gasteiger partial charge in [-0.3, -0.25) is 4.90 Å². The number of carbonyl (C=O) groups is 2. The topological polar surface area (TPSA) is 94.5 Å². The van der Waals surface area contributed by atoms with E-state index in [9.17, 15) is 9.59 Å². The van der Waals surface area contributed by atoms with Crippen molar-refractivity contribution in [2.24, 2.45) is 0 Å². The number of rotatable bonds is 5. The van der Waals surface area contributed by atoms with Crippen molar-refractivity contribution in [1.29, 1.82) is 5.26 Å². The number of hydrogen-bond acceptors (Lipinski definition) is 5. The first-order valence-electron chi connectivity index (χ1n) is 6.02. The predicted octanol–water partition coefficient (Wildman–Crippen LogP) is -0.0397. The molecule has 7 heteroatoms. The summed E-state index contributed by atoms with van der Waals surface area (Å²) < 4.78 is 4.99. The number of urea groups is 1. The number of hydrogen-bond donors (Lipinski definition) is 2. The van der Waals surface area contributed by atoms with E-state index in [-0.39, 0.29) is 19.2 Å². The Hall–Kier alpha value is -2.07. The number of amides is 2. The zero-order chi connectivity index (χ0) is 14.4. The van der Waals surface area contributed by atoms with Gasteiger partial charge in [-0.1, -0.05) is 0 Å². The molecule has 0 saturated carbocycles. The number of nitriles is 1. The summed E-state index contributed by atoms with van der Waals surface area (Å²) in [5.74, 6) is -0.456. The van der Waals surface area contributed by atoms with Crippen LogP contribution in [-0.2, 0) is 9.53 Å². The zero-order valence-corrected chi connectivity index (χ0v) is 11.3. The lowest BCUT2D eigenvalue weighted by Crippen LogP contribution is -2.51. The average Bonchev–Trinajstić information content (AvgIpc) is 2.28. The van der Waals surface area contributed by atoms with Crippen molar-refractivity contribution in [2.75, 3.05) is 26.7 Å². The molecule has 0 aromatic heterocycles. The van der Waals surface area contributed by atoms with Crippen molar-refractivity contribution < 1.29 is 14.3 Å². The molecule has 0 aliphatic carbocycles. The minimum Gasteiger partial charge on any atom is -0.463 e. The molecule has 7 nitrogen and oxygen atoms in total. The predicted molar refractivity (Wildman–Crippen MR) is 67.9 cm³/mol. The first-order valence-corrected chi connectivity index (χ1v) is 6.02. The van der Waals surface area contributed by atoms with Crippen molar-refractivity contribution >= 4 is 12.0 Å². The van der Waals surface area contributed by atoms with Crippen LogP contribution in [0.25, 0.3) is 0 Å². The fourth-order valence-corrected chi connectivity index (χ4v) is 1.85. The molecular formula is C12H18N4O3. The van der Waals surface area contributed by atoms with Gasteiger partial charge in [-0.25, -0.2) is 9.59 Å². The summed E-state index contributed by atoms with van der Waals surface area (Å²) in [5.41, 5.74) is 0.874. The lowest BCUT2D eigenvalue weighted by molar-refractivity contribution is -0.139. The third-order valence-corrected chi connectivity index (χ3v) is 2.63. The highest BCUT2D eigenvalue weighted by Crippen LogP contribution is 2.14. The number of ether oxygens (including phenoxy) is 1. The van der Waals surface area contributed by atoms with Crippen LogP contribution in [0, 0.1) is 11.3 Å². The van der Waals surface area contributed by atoms with Crippen LogP contribution < -0.4 is 10.6 Å². The normalized spacial score (nSPS) is 18.7. The number of likely N-dealkylation sites (N-methyl/N-ethyl adjacent to an activating group) is 1. The highest BCUT2D eigenvalue weighted by atomic mass is 16.5. The summed E-state index contributed by atoms with van der Waals surface area (Å²) in [6.07, 6.45) is 0. The molecule has 0 spiro atoms. The zero-order valence-electron chi connectivity index (χ0n) is 11.3. The minimum atomic E-state index is -0.456. The number of esters is 1. The molecule has 1 unspecified atom stereocenters. The summed E-state index contributed by atoms with van der Waals surface area (Å²) in [6.45, 7) is 4.22. The van der Waals surface area contributed by atoms with Crippen LogP contribution in [0.4, 0.5) is 4.79 Å². The van der Waals surface area contributed by atoms with Gasteiger partial charge in [0.2, 0.25) is 0 Å². The Kier molecular flexibility index (Phi) is 5.33. The summed E-state index contributed by atoms with van der Waals surface area (Å²) in [5, 5.41) is 13.8. The smallest absolute Gasteiger partial charge is 0.337 e. The van der Waals surface area contributed by atoms with Crippen LogP contribution in [0.2, 0.25) is 0 Å². The van der Waals surface area contributed by atoms with E-state index in [0.29, 0.717) is 17.8 Å². The molecule has 0 aromatic rings. The first kappa shape index (κ1) is 15.0. The largest absolute Gasteiger partial charge is 0.463 e. The van der Waals surface area contributed by atoms with E-state index in [4.69, 9.17) is 10.00 Å². The maximum atomic E-state index is 11.9. The summed E-state index contributed by atoms with van der Waals surface area (Å²) in [4.78, 5) is 25.1. The maximum absolute atomic E-state index is 11.9. The Bertz CT molecular complexity index is 439. The van der Waals surface area contributed by atoms with Gasteiger partial charge in [0.25, 0.3) is 0 Å². The Morgan fingerprint density at radius 2 is 2.26 bits per heavy atom. The Morgan fingerprint density at radius 3 is 2.84 bits per heavy atom. The molecule has 0 fully saturated rings. The van der Waals surface area contributed by atoms with E-state index < -0.39 is 12.0 Å². The Morgan fingerprint density at radius 1 is 1.58 bits per heavy atom. The Balaban J connectivity index is 2.99. The number of nitrogens with zero attached hydrogens (tertiary/aromatic N) is 2. The second-order valence-electron chi connectivity index (χ2n) is 4.26. The lowest BCUT2D eigenvalue weighted by atomic mass is 10.0. The van der Waals surface area contributed by atoms with Crippen LogP contribution in [0.15, 0.2) is 11.3 Å². The third kappa shape index (κ3) is 3.96. The molecule has 1 atom stereocenters. The van der Waals surface area contributed by atoms with Crippen LogP contribution in [0.5, 0.6) is 0 Å². The van der Waals surface area contributed by atoms with Crippen molar-refractivity contribution in [1.82, 2.24) is 15.5 Å². The van der Waals surface area contributed by atoms with Gasteiger partial charge in [0.05, 0.1) is 30.8 Å². The molecule has 19 heavy (non-hydrogen) atoms. The van der Waals surface area contributed by atoms with E-state index in [2.05, 4.69) is 10.6 Å².